The van der Waals surface area contributed by atoms with Gasteiger partial charge in [-0.2, -0.15) is 0 Å². The van der Waals surface area contributed by atoms with Crippen LogP contribution in [0.5, 0.6) is 0 Å². The standard InChI is InChI=1S/C22H25FN2O2/c1-3-24(4-2)22(27)19-15-25(14-18(19)16-10-6-5-7-11-16)21(26)17-12-8-9-13-20(17)23/h5-13,18-19H,3-4,14-15H2,1-2H3. The van der Waals surface area contributed by atoms with E-state index in [1.165, 1.54) is 12.1 Å². The molecule has 0 aromatic heterocycles. The largest absolute Gasteiger partial charge is 0.343 e. The molecule has 1 fully saturated rings. The molecule has 4 nitrogen and oxygen atoms in total. The van der Waals surface area contributed by atoms with Crippen molar-refractivity contribution >= 4 is 11.8 Å². The van der Waals surface area contributed by atoms with Gasteiger partial charge < -0.3 is 9.80 Å². The highest BCUT2D eigenvalue weighted by atomic mass is 19.1. The minimum atomic E-state index is -0.530. The van der Waals surface area contributed by atoms with Gasteiger partial charge in [-0.05, 0) is 31.5 Å². The summed E-state index contributed by atoms with van der Waals surface area (Å²) in [6, 6.07) is 15.8. The number of benzene rings is 2. The summed E-state index contributed by atoms with van der Waals surface area (Å²) in [5.41, 5.74) is 1.09. The number of likely N-dealkylation sites (tertiary alicyclic amines) is 1. The van der Waals surface area contributed by atoms with Crippen molar-refractivity contribution in [1.29, 1.82) is 0 Å². The fourth-order valence-electron chi connectivity index (χ4n) is 3.83. The zero-order valence-electron chi connectivity index (χ0n) is 15.8. The molecule has 1 heterocycles. The monoisotopic (exact) mass is 368 g/mol. The number of hydrogen-bond acceptors (Lipinski definition) is 2. The maximum absolute atomic E-state index is 14.1. The van der Waals surface area contributed by atoms with Gasteiger partial charge in [0.25, 0.3) is 5.91 Å². The Morgan fingerprint density at radius 2 is 1.63 bits per heavy atom. The van der Waals surface area contributed by atoms with Gasteiger partial charge in [-0.3, -0.25) is 9.59 Å². The van der Waals surface area contributed by atoms with Crippen molar-refractivity contribution in [2.24, 2.45) is 5.92 Å². The highest BCUT2D eigenvalue weighted by Crippen LogP contribution is 2.35. The quantitative estimate of drug-likeness (QED) is 0.810. The molecule has 1 aliphatic heterocycles. The molecule has 0 aliphatic carbocycles. The molecule has 142 valence electrons. The Balaban J connectivity index is 1.90. The van der Waals surface area contributed by atoms with Gasteiger partial charge in [0.1, 0.15) is 5.82 Å². The average molecular weight is 368 g/mol. The molecule has 2 amide bonds. The Kier molecular flexibility index (Phi) is 5.89. The minimum absolute atomic E-state index is 0.0534. The Labute approximate surface area is 159 Å². The molecule has 0 saturated carbocycles. The van der Waals surface area contributed by atoms with Gasteiger partial charge in [0, 0.05) is 32.1 Å². The van der Waals surface area contributed by atoms with Crippen molar-refractivity contribution in [1.82, 2.24) is 9.80 Å². The first-order valence-electron chi connectivity index (χ1n) is 9.44. The summed E-state index contributed by atoms with van der Waals surface area (Å²) < 4.78 is 14.1. The van der Waals surface area contributed by atoms with Crippen LogP contribution in [0.25, 0.3) is 0 Å². The molecule has 1 saturated heterocycles. The van der Waals surface area contributed by atoms with Crippen molar-refractivity contribution in [2.75, 3.05) is 26.2 Å². The summed E-state index contributed by atoms with van der Waals surface area (Å²) in [6.07, 6.45) is 0. The van der Waals surface area contributed by atoms with Crippen LogP contribution in [0.3, 0.4) is 0 Å². The van der Waals surface area contributed by atoms with E-state index >= 15 is 0 Å². The number of halogens is 1. The van der Waals surface area contributed by atoms with Crippen LogP contribution in [0.1, 0.15) is 35.7 Å². The predicted octanol–water partition coefficient (Wildman–Crippen LogP) is 3.55. The number of carbonyl (C=O) groups excluding carboxylic acids is 2. The van der Waals surface area contributed by atoms with Crippen molar-refractivity contribution in [2.45, 2.75) is 19.8 Å². The van der Waals surface area contributed by atoms with E-state index in [1.807, 2.05) is 44.2 Å². The SMILES string of the molecule is CCN(CC)C(=O)C1CN(C(=O)c2ccccc2F)CC1c1ccccc1. The van der Waals surface area contributed by atoms with Gasteiger partial charge in [-0.25, -0.2) is 4.39 Å². The fraction of sp³-hybridized carbons (Fsp3) is 0.364. The Morgan fingerprint density at radius 3 is 2.26 bits per heavy atom. The fourth-order valence-corrected chi connectivity index (χ4v) is 3.83. The molecule has 0 N–H and O–H groups in total. The van der Waals surface area contributed by atoms with Crippen molar-refractivity contribution < 1.29 is 14.0 Å². The molecule has 0 bridgehead atoms. The molecule has 1 aliphatic rings. The number of nitrogens with zero attached hydrogens (tertiary/aromatic N) is 2. The average Bonchev–Trinajstić information content (AvgIpc) is 3.15. The van der Waals surface area contributed by atoms with E-state index in [0.717, 1.165) is 5.56 Å². The summed E-state index contributed by atoms with van der Waals surface area (Å²) >= 11 is 0. The Morgan fingerprint density at radius 1 is 1.00 bits per heavy atom. The molecule has 3 rings (SSSR count). The highest BCUT2D eigenvalue weighted by Gasteiger charge is 2.42. The molecular formula is C22H25FN2O2. The van der Waals surface area contributed by atoms with Gasteiger partial charge in [-0.1, -0.05) is 42.5 Å². The van der Waals surface area contributed by atoms with Gasteiger partial charge in [0.05, 0.1) is 11.5 Å². The molecule has 2 unspecified atom stereocenters. The predicted molar refractivity (Wildman–Crippen MR) is 103 cm³/mol. The molecular weight excluding hydrogens is 343 g/mol. The zero-order valence-corrected chi connectivity index (χ0v) is 15.8. The van der Waals surface area contributed by atoms with Crippen LogP contribution >= 0.6 is 0 Å². The van der Waals surface area contributed by atoms with E-state index in [4.69, 9.17) is 0 Å². The second kappa shape index (κ2) is 8.33. The highest BCUT2D eigenvalue weighted by molar-refractivity contribution is 5.95. The van der Waals surface area contributed by atoms with E-state index in [9.17, 15) is 14.0 Å². The van der Waals surface area contributed by atoms with Crippen LogP contribution in [-0.2, 0) is 4.79 Å². The molecule has 2 aromatic rings. The second-order valence-corrected chi connectivity index (χ2v) is 6.82. The smallest absolute Gasteiger partial charge is 0.256 e. The third-order valence-electron chi connectivity index (χ3n) is 5.33. The van der Waals surface area contributed by atoms with Gasteiger partial charge in [0.15, 0.2) is 0 Å². The molecule has 0 spiro atoms. The number of amides is 2. The first-order valence-corrected chi connectivity index (χ1v) is 9.44. The third kappa shape index (κ3) is 3.87. The minimum Gasteiger partial charge on any atom is -0.343 e. The lowest BCUT2D eigenvalue weighted by Crippen LogP contribution is -2.39. The van der Waals surface area contributed by atoms with Gasteiger partial charge in [0.2, 0.25) is 5.91 Å². The van der Waals surface area contributed by atoms with Crippen molar-refractivity contribution in [3.05, 3.63) is 71.5 Å². The van der Waals surface area contributed by atoms with E-state index < -0.39 is 5.82 Å². The summed E-state index contributed by atoms with van der Waals surface area (Å²) in [6.45, 7) is 5.90. The first-order chi connectivity index (χ1) is 13.1. The third-order valence-corrected chi connectivity index (χ3v) is 5.33. The second-order valence-electron chi connectivity index (χ2n) is 6.82. The topological polar surface area (TPSA) is 40.6 Å². The first kappa shape index (κ1) is 19.1. The van der Waals surface area contributed by atoms with Crippen LogP contribution < -0.4 is 0 Å². The van der Waals surface area contributed by atoms with Crippen LogP contribution in [0, 0.1) is 11.7 Å². The normalized spacial score (nSPS) is 19.1. The number of carbonyl (C=O) groups is 2. The lowest BCUT2D eigenvalue weighted by atomic mass is 9.88. The van der Waals surface area contributed by atoms with Crippen LogP contribution in [0.2, 0.25) is 0 Å². The Bertz CT molecular complexity index is 805. The number of hydrogen-bond donors (Lipinski definition) is 0. The summed E-state index contributed by atoms with van der Waals surface area (Å²) in [7, 11) is 0. The molecule has 2 atom stereocenters. The van der Waals surface area contributed by atoms with Gasteiger partial charge >= 0.3 is 0 Å². The van der Waals surface area contributed by atoms with Crippen LogP contribution in [0.4, 0.5) is 4.39 Å². The van der Waals surface area contributed by atoms with E-state index in [0.29, 0.717) is 26.2 Å². The molecule has 27 heavy (non-hydrogen) atoms. The molecule has 2 aromatic carbocycles. The Hall–Kier alpha value is -2.69. The maximum atomic E-state index is 14.1. The zero-order chi connectivity index (χ0) is 19.4. The summed E-state index contributed by atoms with van der Waals surface area (Å²) in [5.74, 6) is -1.24. The maximum Gasteiger partial charge on any atom is 0.256 e. The van der Waals surface area contributed by atoms with Crippen molar-refractivity contribution in [3.63, 3.8) is 0 Å². The molecule has 0 radical (unpaired) electrons. The van der Waals surface area contributed by atoms with E-state index in [1.54, 1.807) is 21.9 Å². The van der Waals surface area contributed by atoms with E-state index in [-0.39, 0.29) is 29.2 Å². The van der Waals surface area contributed by atoms with Crippen LogP contribution in [-0.4, -0.2) is 47.8 Å². The van der Waals surface area contributed by atoms with E-state index in [2.05, 4.69) is 0 Å². The summed E-state index contributed by atoms with van der Waals surface area (Å²) in [4.78, 5) is 29.4. The number of rotatable bonds is 5. The van der Waals surface area contributed by atoms with Crippen LogP contribution in [0.15, 0.2) is 54.6 Å². The van der Waals surface area contributed by atoms with Crippen molar-refractivity contribution in [3.8, 4) is 0 Å². The van der Waals surface area contributed by atoms with Gasteiger partial charge in [-0.15, -0.1) is 0 Å². The molecule has 5 heteroatoms. The summed E-state index contributed by atoms with van der Waals surface area (Å²) in [5, 5.41) is 0. The lowest BCUT2D eigenvalue weighted by Gasteiger charge is -2.25. The lowest BCUT2D eigenvalue weighted by molar-refractivity contribution is -0.135.